The second-order valence-electron chi connectivity index (χ2n) is 6.35. The van der Waals surface area contributed by atoms with Crippen LogP contribution in [0.1, 0.15) is 9.88 Å². The Kier molecular flexibility index (Phi) is 6.64. The molecular formula is C19H26N6OS. The van der Waals surface area contributed by atoms with E-state index in [0.29, 0.717) is 12.5 Å². The summed E-state index contributed by atoms with van der Waals surface area (Å²) in [4.78, 5) is 26.4. The number of thiazole rings is 1. The summed E-state index contributed by atoms with van der Waals surface area (Å²) < 4.78 is 0. The van der Waals surface area contributed by atoms with Gasteiger partial charge >= 0.3 is 0 Å². The van der Waals surface area contributed by atoms with Crippen molar-refractivity contribution in [2.75, 3.05) is 44.7 Å². The fourth-order valence-electron chi connectivity index (χ4n) is 2.99. The molecule has 0 bridgehead atoms. The average molecular weight is 387 g/mol. The molecule has 1 amide bonds. The monoisotopic (exact) mass is 386 g/mol. The van der Waals surface area contributed by atoms with E-state index in [2.05, 4.69) is 37.6 Å². The molecule has 0 aliphatic carbocycles. The minimum Gasteiger partial charge on any atom is -0.368 e. The molecule has 1 aromatic carbocycles. The van der Waals surface area contributed by atoms with Gasteiger partial charge in [0.05, 0.1) is 13.1 Å². The number of guanidine groups is 1. The van der Waals surface area contributed by atoms with Crippen molar-refractivity contribution in [3.05, 3.63) is 46.4 Å². The molecule has 1 aromatic heterocycles. The Hall–Kier alpha value is -2.61. The summed E-state index contributed by atoms with van der Waals surface area (Å²) in [5.74, 6) is 0.704. The van der Waals surface area contributed by atoms with E-state index >= 15 is 0 Å². The van der Waals surface area contributed by atoms with Crippen molar-refractivity contribution in [2.24, 2.45) is 4.99 Å². The molecule has 1 aliphatic rings. The fourth-order valence-corrected chi connectivity index (χ4v) is 3.71. The van der Waals surface area contributed by atoms with E-state index in [0.717, 1.165) is 31.2 Å². The van der Waals surface area contributed by atoms with Crippen LogP contribution in [-0.4, -0.2) is 61.5 Å². The van der Waals surface area contributed by atoms with Gasteiger partial charge in [-0.05, 0) is 19.1 Å². The molecule has 2 aromatic rings. The van der Waals surface area contributed by atoms with Crippen LogP contribution < -0.4 is 15.5 Å². The van der Waals surface area contributed by atoms with Crippen LogP contribution in [0.2, 0.25) is 0 Å². The molecule has 0 atom stereocenters. The summed E-state index contributed by atoms with van der Waals surface area (Å²) in [7, 11) is 1.70. The highest BCUT2D eigenvalue weighted by Crippen LogP contribution is 2.15. The number of carbonyl (C=O) groups is 1. The summed E-state index contributed by atoms with van der Waals surface area (Å²) in [6.07, 6.45) is 1.86. The first kappa shape index (κ1) is 19.2. The van der Waals surface area contributed by atoms with Crippen LogP contribution in [0, 0.1) is 6.92 Å². The average Bonchev–Trinajstić information content (AvgIpc) is 3.14. The largest absolute Gasteiger partial charge is 0.368 e. The normalized spacial score (nSPS) is 15.0. The summed E-state index contributed by atoms with van der Waals surface area (Å²) in [6, 6.07) is 10.3. The van der Waals surface area contributed by atoms with Crippen molar-refractivity contribution < 1.29 is 4.79 Å². The third kappa shape index (κ3) is 5.43. The van der Waals surface area contributed by atoms with E-state index < -0.39 is 0 Å². The van der Waals surface area contributed by atoms with Gasteiger partial charge in [-0.2, -0.15) is 0 Å². The van der Waals surface area contributed by atoms with Gasteiger partial charge in [-0.15, -0.1) is 11.3 Å². The molecular weight excluding hydrogens is 360 g/mol. The number of hydrogen-bond donors (Lipinski definition) is 2. The summed E-state index contributed by atoms with van der Waals surface area (Å²) in [5, 5.41) is 7.29. The minimum atomic E-state index is 0.0933. The first-order valence-corrected chi connectivity index (χ1v) is 9.91. The van der Waals surface area contributed by atoms with E-state index in [9.17, 15) is 4.79 Å². The number of benzene rings is 1. The Morgan fingerprint density at radius 2 is 1.93 bits per heavy atom. The van der Waals surface area contributed by atoms with E-state index in [4.69, 9.17) is 0 Å². The molecule has 1 aliphatic heterocycles. The molecule has 8 heteroatoms. The quantitative estimate of drug-likeness (QED) is 0.601. The van der Waals surface area contributed by atoms with Crippen molar-refractivity contribution in [1.29, 1.82) is 0 Å². The van der Waals surface area contributed by atoms with Gasteiger partial charge in [-0.1, -0.05) is 18.2 Å². The first-order valence-electron chi connectivity index (χ1n) is 9.09. The lowest BCUT2D eigenvalue weighted by Gasteiger charge is -2.36. The summed E-state index contributed by atoms with van der Waals surface area (Å²) in [6.45, 7) is 6.05. The van der Waals surface area contributed by atoms with E-state index in [-0.39, 0.29) is 12.5 Å². The van der Waals surface area contributed by atoms with Gasteiger partial charge < -0.3 is 20.4 Å². The van der Waals surface area contributed by atoms with Gasteiger partial charge in [-0.3, -0.25) is 9.79 Å². The van der Waals surface area contributed by atoms with E-state index in [1.807, 2.05) is 36.2 Å². The number of aryl methyl sites for hydroxylation is 1. The zero-order valence-corrected chi connectivity index (χ0v) is 16.6. The maximum absolute atomic E-state index is 12.5. The molecule has 144 valence electrons. The third-order valence-electron chi connectivity index (χ3n) is 4.46. The summed E-state index contributed by atoms with van der Waals surface area (Å²) in [5.41, 5.74) is 1.21. The standard InChI is InChI=1S/C19H26N6OS/c1-15-12-21-17(27-15)13-22-19(20-2)23-14-18(26)25-10-8-24(9-11-25)16-6-4-3-5-7-16/h3-7,12H,8-11,13-14H2,1-2H3,(H2,20,22,23). The second kappa shape index (κ2) is 9.36. The Balaban J connectivity index is 1.41. The highest BCUT2D eigenvalue weighted by molar-refractivity contribution is 7.11. The van der Waals surface area contributed by atoms with E-state index in [1.165, 1.54) is 10.6 Å². The lowest BCUT2D eigenvalue weighted by Crippen LogP contribution is -2.52. The molecule has 1 fully saturated rings. The van der Waals surface area contributed by atoms with Crippen LogP contribution in [0.4, 0.5) is 5.69 Å². The maximum atomic E-state index is 12.5. The van der Waals surface area contributed by atoms with Gasteiger partial charge in [-0.25, -0.2) is 4.98 Å². The number of nitrogens with zero attached hydrogens (tertiary/aromatic N) is 4. The number of anilines is 1. The number of nitrogens with one attached hydrogen (secondary N) is 2. The van der Waals surface area contributed by atoms with Crippen LogP contribution in [0.3, 0.4) is 0 Å². The lowest BCUT2D eigenvalue weighted by molar-refractivity contribution is -0.130. The van der Waals surface area contributed by atoms with Gasteiger partial charge in [0.1, 0.15) is 5.01 Å². The van der Waals surface area contributed by atoms with Crippen molar-refractivity contribution in [3.8, 4) is 0 Å². The number of aliphatic imine (C=N–C) groups is 1. The van der Waals surface area contributed by atoms with Crippen molar-refractivity contribution >= 4 is 28.9 Å². The smallest absolute Gasteiger partial charge is 0.242 e. The van der Waals surface area contributed by atoms with Gasteiger partial charge in [0.25, 0.3) is 0 Å². The predicted molar refractivity (Wildman–Crippen MR) is 110 cm³/mol. The molecule has 0 spiro atoms. The zero-order valence-electron chi connectivity index (χ0n) is 15.8. The Morgan fingerprint density at radius 3 is 2.56 bits per heavy atom. The number of piperazine rings is 1. The Morgan fingerprint density at radius 1 is 1.19 bits per heavy atom. The van der Waals surface area contributed by atoms with Crippen LogP contribution in [0.15, 0.2) is 41.5 Å². The molecule has 0 radical (unpaired) electrons. The maximum Gasteiger partial charge on any atom is 0.242 e. The van der Waals surface area contributed by atoms with Crippen molar-refractivity contribution in [2.45, 2.75) is 13.5 Å². The number of rotatable bonds is 5. The van der Waals surface area contributed by atoms with E-state index in [1.54, 1.807) is 18.4 Å². The van der Waals surface area contributed by atoms with Gasteiger partial charge in [0, 0.05) is 50.0 Å². The van der Waals surface area contributed by atoms with Crippen molar-refractivity contribution in [1.82, 2.24) is 20.5 Å². The predicted octanol–water partition coefficient (Wildman–Crippen LogP) is 1.47. The SMILES string of the molecule is CN=C(NCC(=O)N1CCN(c2ccccc2)CC1)NCc1ncc(C)s1. The fraction of sp³-hybridized carbons (Fsp3) is 0.421. The molecule has 1 saturated heterocycles. The topological polar surface area (TPSA) is 72.9 Å². The second-order valence-corrected chi connectivity index (χ2v) is 7.67. The molecule has 7 nitrogen and oxygen atoms in total. The molecule has 2 heterocycles. The van der Waals surface area contributed by atoms with Gasteiger partial charge in [0.2, 0.25) is 5.91 Å². The highest BCUT2D eigenvalue weighted by atomic mass is 32.1. The van der Waals surface area contributed by atoms with Crippen LogP contribution >= 0.6 is 11.3 Å². The molecule has 0 saturated carbocycles. The summed E-state index contributed by atoms with van der Waals surface area (Å²) >= 11 is 1.65. The highest BCUT2D eigenvalue weighted by Gasteiger charge is 2.21. The van der Waals surface area contributed by atoms with Crippen LogP contribution in [0.25, 0.3) is 0 Å². The number of hydrogen-bond acceptors (Lipinski definition) is 5. The van der Waals surface area contributed by atoms with Crippen LogP contribution in [-0.2, 0) is 11.3 Å². The number of aromatic nitrogens is 1. The Bertz CT molecular complexity index is 768. The Labute approximate surface area is 164 Å². The number of carbonyl (C=O) groups excluding carboxylic acids is 1. The molecule has 3 rings (SSSR count). The number of amides is 1. The molecule has 0 unspecified atom stereocenters. The number of para-hydroxylation sites is 1. The molecule has 2 N–H and O–H groups in total. The first-order chi connectivity index (χ1) is 13.2. The zero-order chi connectivity index (χ0) is 19.1. The van der Waals surface area contributed by atoms with Crippen molar-refractivity contribution in [3.63, 3.8) is 0 Å². The minimum absolute atomic E-state index is 0.0933. The lowest BCUT2D eigenvalue weighted by atomic mass is 10.2. The van der Waals surface area contributed by atoms with Crippen LogP contribution in [0.5, 0.6) is 0 Å². The third-order valence-corrected chi connectivity index (χ3v) is 5.37. The molecule has 27 heavy (non-hydrogen) atoms. The van der Waals surface area contributed by atoms with Gasteiger partial charge in [0.15, 0.2) is 5.96 Å².